The average Bonchev–Trinajstić information content (AvgIpc) is 2.96. The second-order valence-electron chi connectivity index (χ2n) is 4.51. The zero-order valence-corrected chi connectivity index (χ0v) is 10.1. The molecular formula is C13H17NOS. The van der Waals surface area contributed by atoms with Gasteiger partial charge in [0.25, 0.3) is 0 Å². The maximum Gasteiger partial charge on any atom is 0.122 e. The molecule has 0 saturated carbocycles. The van der Waals surface area contributed by atoms with Gasteiger partial charge in [-0.25, -0.2) is 0 Å². The molecule has 16 heavy (non-hydrogen) atoms. The second-order valence-corrected chi connectivity index (χ2v) is 5.66. The van der Waals surface area contributed by atoms with Gasteiger partial charge >= 0.3 is 0 Å². The number of para-hydroxylation sites is 1. The Bertz CT molecular complexity index is 363. The predicted molar refractivity (Wildman–Crippen MR) is 68.4 cm³/mol. The lowest BCUT2D eigenvalue weighted by Gasteiger charge is -2.14. The van der Waals surface area contributed by atoms with Gasteiger partial charge in [0.2, 0.25) is 0 Å². The summed E-state index contributed by atoms with van der Waals surface area (Å²) in [6.45, 7) is 1.90. The van der Waals surface area contributed by atoms with Crippen molar-refractivity contribution in [1.82, 2.24) is 5.32 Å². The summed E-state index contributed by atoms with van der Waals surface area (Å²) in [4.78, 5) is 0. The molecule has 0 aliphatic carbocycles. The fourth-order valence-electron chi connectivity index (χ4n) is 2.40. The molecule has 2 nitrogen and oxygen atoms in total. The van der Waals surface area contributed by atoms with Crippen LogP contribution in [0.3, 0.4) is 0 Å². The van der Waals surface area contributed by atoms with Crippen LogP contribution in [-0.2, 0) is 0 Å². The third-order valence-corrected chi connectivity index (χ3v) is 4.54. The molecule has 2 atom stereocenters. The lowest BCUT2D eigenvalue weighted by molar-refractivity contribution is 0.323. The van der Waals surface area contributed by atoms with Crippen molar-refractivity contribution in [3.8, 4) is 5.75 Å². The smallest absolute Gasteiger partial charge is 0.122 e. The topological polar surface area (TPSA) is 21.3 Å². The Kier molecular flexibility index (Phi) is 3.06. The molecule has 1 N–H and O–H groups in total. The van der Waals surface area contributed by atoms with Gasteiger partial charge in [-0.1, -0.05) is 18.2 Å². The van der Waals surface area contributed by atoms with Crippen LogP contribution in [0.15, 0.2) is 24.3 Å². The average molecular weight is 235 g/mol. The van der Waals surface area contributed by atoms with Gasteiger partial charge in [0, 0.05) is 29.8 Å². The molecule has 0 amide bonds. The summed E-state index contributed by atoms with van der Waals surface area (Å²) in [5, 5.41) is 3.66. The van der Waals surface area contributed by atoms with E-state index >= 15 is 0 Å². The number of ether oxygens (including phenoxy) is 1. The highest BCUT2D eigenvalue weighted by Crippen LogP contribution is 2.33. The number of hydrogen-bond donors (Lipinski definition) is 1. The van der Waals surface area contributed by atoms with Crippen LogP contribution in [0, 0.1) is 0 Å². The first-order valence-electron chi connectivity index (χ1n) is 5.96. The van der Waals surface area contributed by atoms with Crippen LogP contribution in [0.25, 0.3) is 0 Å². The standard InChI is InChI=1S/C13H17NOS/c1-2-4-13-12(3-1)10(8-15-13)7-14-11-5-6-16-9-11/h1-4,10-11,14H,5-9H2. The minimum absolute atomic E-state index is 0.543. The molecule has 1 aromatic carbocycles. The molecule has 1 fully saturated rings. The summed E-state index contributed by atoms with van der Waals surface area (Å²) in [6, 6.07) is 9.13. The molecule has 2 unspecified atom stereocenters. The molecule has 2 heterocycles. The first-order chi connectivity index (χ1) is 7.93. The van der Waals surface area contributed by atoms with Crippen LogP contribution in [0.2, 0.25) is 0 Å². The molecule has 0 aromatic heterocycles. The van der Waals surface area contributed by atoms with Gasteiger partial charge in [-0.3, -0.25) is 0 Å². The van der Waals surface area contributed by atoms with E-state index in [9.17, 15) is 0 Å². The van der Waals surface area contributed by atoms with Crippen molar-refractivity contribution in [2.24, 2.45) is 0 Å². The molecule has 1 aromatic rings. The van der Waals surface area contributed by atoms with Crippen molar-refractivity contribution in [2.45, 2.75) is 18.4 Å². The normalized spacial score (nSPS) is 27.8. The first kappa shape index (κ1) is 10.5. The van der Waals surface area contributed by atoms with Crippen molar-refractivity contribution in [3.05, 3.63) is 29.8 Å². The largest absolute Gasteiger partial charge is 0.493 e. The van der Waals surface area contributed by atoms with Crippen LogP contribution in [0.5, 0.6) is 5.75 Å². The van der Waals surface area contributed by atoms with E-state index in [1.165, 1.54) is 23.5 Å². The Hall–Kier alpha value is -0.670. The maximum atomic E-state index is 5.68. The fraction of sp³-hybridized carbons (Fsp3) is 0.538. The monoisotopic (exact) mass is 235 g/mol. The summed E-state index contributed by atoms with van der Waals surface area (Å²) in [5.74, 6) is 4.21. The molecule has 1 saturated heterocycles. The maximum absolute atomic E-state index is 5.68. The van der Waals surface area contributed by atoms with E-state index in [-0.39, 0.29) is 0 Å². The minimum Gasteiger partial charge on any atom is -0.493 e. The van der Waals surface area contributed by atoms with Crippen LogP contribution in [0.1, 0.15) is 17.9 Å². The summed E-state index contributed by atoms with van der Waals surface area (Å²) in [7, 11) is 0. The molecule has 0 bridgehead atoms. The van der Waals surface area contributed by atoms with Gasteiger partial charge in [0.05, 0.1) is 6.61 Å². The number of nitrogens with one attached hydrogen (secondary N) is 1. The Balaban J connectivity index is 1.60. The molecule has 3 heteroatoms. The lowest BCUT2D eigenvalue weighted by Crippen LogP contribution is -2.32. The molecule has 2 aliphatic heterocycles. The van der Waals surface area contributed by atoms with E-state index in [0.717, 1.165) is 24.9 Å². The third-order valence-electron chi connectivity index (χ3n) is 3.38. The van der Waals surface area contributed by atoms with Crippen LogP contribution in [-0.4, -0.2) is 30.7 Å². The number of rotatable bonds is 3. The van der Waals surface area contributed by atoms with Gasteiger partial charge in [-0.15, -0.1) is 0 Å². The molecule has 2 aliphatic rings. The van der Waals surface area contributed by atoms with Crippen molar-refractivity contribution in [3.63, 3.8) is 0 Å². The Labute approximate surface area is 101 Å². The van der Waals surface area contributed by atoms with Crippen LogP contribution >= 0.6 is 11.8 Å². The number of thioether (sulfide) groups is 1. The Morgan fingerprint density at radius 1 is 1.38 bits per heavy atom. The van der Waals surface area contributed by atoms with E-state index in [1.54, 1.807) is 0 Å². The van der Waals surface area contributed by atoms with E-state index in [4.69, 9.17) is 4.74 Å². The summed E-state index contributed by atoms with van der Waals surface area (Å²) in [5.41, 5.74) is 1.38. The SMILES string of the molecule is c1ccc2c(c1)OCC2CNC1CCSC1. The molecular weight excluding hydrogens is 218 g/mol. The summed E-state index contributed by atoms with van der Waals surface area (Å²) >= 11 is 2.06. The first-order valence-corrected chi connectivity index (χ1v) is 7.12. The van der Waals surface area contributed by atoms with Crippen molar-refractivity contribution in [1.29, 1.82) is 0 Å². The lowest BCUT2D eigenvalue weighted by atomic mass is 10.0. The van der Waals surface area contributed by atoms with E-state index in [2.05, 4.69) is 35.3 Å². The van der Waals surface area contributed by atoms with E-state index in [0.29, 0.717) is 5.92 Å². The third kappa shape index (κ3) is 2.06. The van der Waals surface area contributed by atoms with Crippen molar-refractivity contribution in [2.75, 3.05) is 24.7 Å². The molecule has 0 spiro atoms. The van der Waals surface area contributed by atoms with Gasteiger partial charge in [-0.2, -0.15) is 11.8 Å². The van der Waals surface area contributed by atoms with Gasteiger partial charge in [0.1, 0.15) is 5.75 Å². The zero-order chi connectivity index (χ0) is 10.8. The molecule has 3 rings (SSSR count). The van der Waals surface area contributed by atoms with E-state index in [1.807, 2.05) is 6.07 Å². The van der Waals surface area contributed by atoms with Gasteiger partial charge < -0.3 is 10.1 Å². The van der Waals surface area contributed by atoms with Crippen molar-refractivity contribution >= 4 is 11.8 Å². The number of benzene rings is 1. The number of fused-ring (bicyclic) bond motifs is 1. The van der Waals surface area contributed by atoms with Gasteiger partial charge in [0.15, 0.2) is 0 Å². The quantitative estimate of drug-likeness (QED) is 0.868. The number of hydrogen-bond acceptors (Lipinski definition) is 3. The van der Waals surface area contributed by atoms with Gasteiger partial charge in [-0.05, 0) is 18.2 Å². The highest BCUT2D eigenvalue weighted by Gasteiger charge is 2.24. The van der Waals surface area contributed by atoms with Crippen molar-refractivity contribution < 1.29 is 4.74 Å². The predicted octanol–water partition coefficient (Wildman–Crippen LogP) is 2.26. The Morgan fingerprint density at radius 3 is 3.19 bits per heavy atom. The minimum atomic E-state index is 0.543. The second kappa shape index (κ2) is 4.68. The van der Waals surface area contributed by atoms with Crippen LogP contribution in [0.4, 0.5) is 0 Å². The fourth-order valence-corrected chi connectivity index (χ4v) is 3.59. The summed E-state index contributed by atoms with van der Waals surface area (Å²) < 4.78 is 5.68. The van der Waals surface area contributed by atoms with Crippen LogP contribution < -0.4 is 10.1 Å². The van der Waals surface area contributed by atoms with E-state index < -0.39 is 0 Å². The Morgan fingerprint density at radius 2 is 2.31 bits per heavy atom. The highest BCUT2D eigenvalue weighted by atomic mass is 32.2. The molecule has 0 radical (unpaired) electrons. The molecule has 86 valence electrons. The highest BCUT2D eigenvalue weighted by molar-refractivity contribution is 7.99. The zero-order valence-electron chi connectivity index (χ0n) is 9.32. The summed E-state index contributed by atoms with van der Waals surface area (Å²) in [6.07, 6.45) is 1.32.